The molecule has 1 saturated carbocycles. The van der Waals surface area contributed by atoms with Crippen LogP contribution in [0.5, 0.6) is 0 Å². The van der Waals surface area contributed by atoms with Crippen molar-refractivity contribution in [3.05, 3.63) is 60.2 Å². The van der Waals surface area contributed by atoms with Crippen LogP contribution in [0.2, 0.25) is 0 Å². The molecule has 3 aliphatic rings. The highest BCUT2D eigenvalue weighted by Crippen LogP contribution is 2.61. The highest BCUT2D eigenvalue weighted by Gasteiger charge is 2.69. The van der Waals surface area contributed by atoms with Gasteiger partial charge in [0.05, 0.1) is 22.5 Å². The lowest BCUT2D eigenvalue weighted by molar-refractivity contribution is 0.0912. The van der Waals surface area contributed by atoms with Gasteiger partial charge >= 0.3 is 0 Å². The number of hydrogen-bond donors (Lipinski definition) is 2. The maximum absolute atomic E-state index is 14.1. The molecule has 0 amide bonds. The van der Waals surface area contributed by atoms with Crippen LogP contribution in [0.4, 0.5) is 14.6 Å². The molecule has 7 nitrogen and oxygen atoms in total. The summed E-state index contributed by atoms with van der Waals surface area (Å²) in [5, 5.41) is 5.12. The molecule has 2 aliphatic carbocycles. The first-order valence-electron chi connectivity index (χ1n) is 11.8. The van der Waals surface area contributed by atoms with E-state index in [2.05, 4.69) is 37.3 Å². The number of halogens is 2. The minimum atomic E-state index is -2.71. The molecule has 0 spiro atoms. The summed E-state index contributed by atoms with van der Waals surface area (Å²) in [6.07, 6.45) is 11.3. The lowest BCUT2D eigenvalue weighted by Gasteiger charge is -2.30. The Morgan fingerprint density at radius 3 is 2.60 bits per heavy atom. The summed E-state index contributed by atoms with van der Waals surface area (Å²) in [6, 6.07) is 3.64. The van der Waals surface area contributed by atoms with Crippen molar-refractivity contribution in [2.24, 2.45) is 0 Å². The summed E-state index contributed by atoms with van der Waals surface area (Å²) in [6.45, 7) is 4.99. The molecule has 35 heavy (non-hydrogen) atoms. The Morgan fingerprint density at radius 1 is 1.09 bits per heavy atom. The van der Waals surface area contributed by atoms with Gasteiger partial charge in [-0.3, -0.25) is 4.98 Å². The fourth-order valence-corrected chi connectivity index (χ4v) is 5.09. The van der Waals surface area contributed by atoms with Gasteiger partial charge in [0.25, 0.3) is 5.92 Å². The molecule has 1 unspecified atom stereocenters. The van der Waals surface area contributed by atoms with Gasteiger partial charge in [-0.25, -0.2) is 23.7 Å². The number of piperazine rings is 1. The number of nitrogens with one attached hydrogen (secondary N) is 2. The van der Waals surface area contributed by atoms with Crippen molar-refractivity contribution >= 4 is 33.3 Å². The van der Waals surface area contributed by atoms with Gasteiger partial charge < -0.3 is 15.2 Å². The van der Waals surface area contributed by atoms with E-state index >= 15 is 0 Å². The summed E-state index contributed by atoms with van der Waals surface area (Å²) < 4.78 is 28.2. The van der Waals surface area contributed by atoms with E-state index in [9.17, 15) is 8.78 Å². The van der Waals surface area contributed by atoms with Gasteiger partial charge in [-0.15, -0.1) is 0 Å². The van der Waals surface area contributed by atoms with Gasteiger partial charge in [0.2, 0.25) is 0 Å². The lowest BCUT2D eigenvalue weighted by atomic mass is 9.97. The van der Waals surface area contributed by atoms with Gasteiger partial charge in [-0.05, 0) is 24.6 Å². The van der Waals surface area contributed by atoms with E-state index in [0.29, 0.717) is 17.2 Å². The summed E-state index contributed by atoms with van der Waals surface area (Å²) in [5.74, 6) is -1.31. The van der Waals surface area contributed by atoms with E-state index in [1.165, 1.54) is 0 Å². The Labute approximate surface area is 200 Å². The topological polar surface area (TPSA) is 82.6 Å². The molecule has 0 radical (unpaired) electrons. The zero-order valence-corrected chi connectivity index (χ0v) is 19.1. The molecule has 176 valence electrons. The Hall–Kier alpha value is -3.72. The van der Waals surface area contributed by atoms with Crippen molar-refractivity contribution in [2.45, 2.75) is 24.7 Å². The number of alkyl halides is 2. The van der Waals surface area contributed by atoms with Crippen molar-refractivity contribution in [2.75, 3.05) is 31.1 Å². The van der Waals surface area contributed by atoms with E-state index in [1.54, 1.807) is 25.4 Å². The Bertz CT molecular complexity index is 1570. The fraction of sp³-hybridized carbons (Fsp3) is 0.308. The molecule has 1 atom stereocenters. The van der Waals surface area contributed by atoms with Gasteiger partial charge in [0.1, 0.15) is 11.5 Å². The van der Waals surface area contributed by atoms with Crippen LogP contribution < -0.4 is 10.2 Å². The summed E-state index contributed by atoms with van der Waals surface area (Å²) in [5.41, 5.74) is 3.50. The van der Waals surface area contributed by atoms with Crippen LogP contribution >= 0.6 is 0 Å². The van der Waals surface area contributed by atoms with Crippen molar-refractivity contribution in [1.82, 2.24) is 30.2 Å². The van der Waals surface area contributed by atoms with E-state index < -0.39 is 11.3 Å². The van der Waals surface area contributed by atoms with Gasteiger partial charge in [-0.2, -0.15) is 0 Å². The average Bonchev–Trinajstić information content (AvgIpc) is 3.15. The minimum absolute atomic E-state index is 0.166. The van der Waals surface area contributed by atoms with Crippen LogP contribution in [0.3, 0.4) is 0 Å². The van der Waals surface area contributed by atoms with Crippen LogP contribution in [0.15, 0.2) is 49.0 Å². The van der Waals surface area contributed by atoms with Crippen molar-refractivity contribution < 1.29 is 8.78 Å². The Morgan fingerprint density at radius 2 is 1.89 bits per heavy atom. The van der Waals surface area contributed by atoms with Crippen LogP contribution in [-0.4, -0.2) is 57.0 Å². The SMILES string of the molecule is CC1(c2cc3c(-c4nc(N5CCNCC5)c5c(C6=CC=C6)cncc5n4)ccnc3[nH]2)CC1(F)F. The smallest absolute Gasteiger partial charge is 0.260 e. The van der Waals surface area contributed by atoms with E-state index in [0.717, 1.165) is 65.0 Å². The van der Waals surface area contributed by atoms with Gasteiger partial charge in [0, 0.05) is 67.2 Å². The molecule has 0 aromatic carbocycles. The third-order valence-corrected chi connectivity index (χ3v) is 7.49. The van der Waals surface area contributed by atoms with E-state index in [1.807, 2.05) is 18.3 Å². The number of rotatable bonds is 4. The number of aromatic amines is 1. The second-order valence-corrected chi connectivity index (χ2v) is 9.69. The highest BCUT2D eigenvalue weighted by molar-refractivity contribution is 6.03. The van der Waals surface area contributed by atoms with Gasteiger partial charge in [0.15, 0.2) is 5.82 Å². The number of anilines is 1. The predicted molar refractivity (Wildman–Crippen MR) is 132 cm³/mol. The molecule has 4 aromatic rings. The molecule has 4 aromatic heterocycles. The molecule has 7 rings (SSSR count). The molecule has 5 heterocycles. The number of hydrogen-bond acceptors (Lipinski definition) is 6. The molecular weight excluding hydrogens is 448 g/mol. The third-order valence-electron chi connectivity index (χ3n) is 7.49. The second-order valence-electron chi connectivity index (χ2n) is 9.69. The third kappa shape index (κ3) is 3.04. The predicted octanol–water partition coefficient (Wildman–Crippen LogP) is 4.23. The summed E-state index contributed by atoms with van der Waals surface area (Å²) in [4.78, 5) is 24.3. The zero-order chi connectivity index (χ0) is 23.8. The standard InChI is InChI=1S/C26H23F2N7/c1-25(14-26(25,27)28)20-11-17-16(5-6-31-22(17)33-20)23-32-19-13-30-12-18(15-3-2-4-15)21(19)24(34-23)35-9-7-29-8-10-35/h2-6,11-13,29H,7-10,14H2,1H3,(H,31,33). The molecule has 1 aliphatic heterocycles. The largest absolute Gasteiger partial charge is 0.353 e. The quantitative estimate of drug-likeness (QED) is 0.464. The van der Waals surface area contributed by atoms with Crippen molar-refractivity contribution in [3.63, 3.8) is 0 Å². The molecule has 1 saturated heterocycles. The van der Waals surface area contributed by atoms with Crippen LogP contribution in [0, 0.1) is 0 Å². The zero-order valence-electron chi connectivity index (χ0n) is 19.1. The van der Waals surface area contributed by atoms with Gasteiger partial charge in [-0.1, -0.05) is 18.2 Å². The monoisotopic (exact) mass is 471 g/mol. The van der Waals surface area contributed by atoms with E-state index in [-0.39, 0.29) is 6.42 Å². The number of nitrogens with zero attached hydrogens (tertiary/aromatic N) is 5. The van der Waals surface area contributed by atoms with Crippen LogP contribution in [-0.2, 0) is 5.41 Å². The molecule has 2 fully saturated rings. The molecular formula is C26H23F2N7. The number of H-pyrrole nitrogens is 1. The van der Waals surface area contributed by atoms with Crippen molar-refractivity contribution in [1.29, 1.82) is 0 Å². The first-order valence-corrected chi connectivity index (χ1v) is 11.8. The number of aromatic nitrogens is 5. The average molecular weight is 472 g/mol. The lowest BCUT2D eigenvalue weighted by Crippen LogP contribution is -2.44. The number of pyridine rings is 2. The summed E-state index contributed by atoms with van der Waals surface area (Å²) >= 11 is 0. The van der Waals surface area contributed by atoms with Crippen molar-refractivity contribution in [3.8, 4) is 11.4 Å². The van der Waals surface area contributed by atoms with Crippen LogP contribution in [0.25, 0.3) is 38.9 Å². The normalized spacial score (nSPS) is 22.9. The molecule has 2 N–H and O–H groups in total. The Kier molecular flexibility index (Phi) is 4.21. The minimum Gasteiger partial charge on any atom is -0.353 e. The number of allylic oxidation sites excluding steroid dienone is 4. The molecule has 9 heteroatoms. The highest BCUT2D eigenvalue weighted by atomic mass is 19.3. The van der Waals surface area contributed by atoms with Crippen LogP contribution in [0.1, 0.15) is 24.6 Å². The first kappa shape index (κ1) is 20.6. The Balaban J connectivity index is 1.44. The number of fused-ring (bicyclic) bond motifs is 2. The maximum atomic E-state index is 14.1. The molecule has 0 bridgehead atoms. The van der Waals surface area contributed by atoms with E-state index in [4.69, 9.17) is 9.97 Å². The summed E-state index contributed by atoms with van der Waals surface area (Å²) in [7, 11) is 0. The first-order chi connectivity index (χ1) is 16.9. The maximum Gasteiger partial charge on any atom is 0.260 e. The second kappa shape index (κ2) is 7.14. The fourth-order valence-electron chi connectivity index (χ4n) is 5.09.